The van der Waals surface area contributed by atoms with E-state index in [2.05, 4.69) is 116 Å². The summed E-state index contributed by atoms with van der Waals surface area (Å²) < 4.78 is 8.88. The largest absolute Gasteiger partial charge is 2.00 e. The van der Waals surface area contributed by atoms with E-state index in [9.17, 15) is 10.2 Å². The van der Waals surface area contributed by atoms with Gasteiger partial charge in [0.05, 0.1) is 11.5 Å². The van der Waals surface area contributed by atoms with Gasteiger partial charge in [-0.2, -0.15) is 48.2 Å². The predicted octanol–water partition coefficient (Wildman–Crippen LogP) is 8.59. The van der Waals surface area contributed by atoms with Crippen LogP contribution in [0.1, 0.15) is 143 Å². The van der Waals surface area contributed by atoms with Crippen LogP contribution in [0.3, 0.4) is 0 Å². The summed E-state index contributed by atoms with van der Waals surface area (Å²) in [4.78, 5) is 21.6. The first-order valence-electron chi connectivity index (χ1n) is 14.3. The average Bonchev–Trinajstić information content (AvgIpc) is 2.73. The Balaban J connectivity index is 0. The van der Waals surface area contributed by atoms with E-state index in [0.717, 1.165) is 40.7 Å². The Hall–Kier alpha value is -0.850. The zero-order valence-corrected chi connectivity index (χ0v) is 31.8. The van der Waals surface area contributed by atoms with Gasteiger partial charge in [0, 0.05) is 0 Å². The fraction of sp³-hybridized carbons (Fsp3) is 0.588. The summed E-state index contributed by atoms with van der Waals surface area (Å²) in [6, 6.07) is 8.33. The Labute approximate surface area is 286 Å². The van der Waals surface area contributed by atoms with Crippen LogP contribution in [-0.4, -0.2) is 62.6 Å². The van der Waals surface area contributed by atoms with Gasteiger partial charge in [-0.1, -0.05) is 132 Å². The maximum Gasteiger partial charge on any atom is 2.00 e. The Morgan fingerprint density at radius 2 is 0.833 bits per heavy atom. The van der Waals surface area contributed by atoms with Crippen molar-refractivity contribution in [2.75, 3.05) is 0 Å². The van der Waals surface area contributed by atoms with Crippen molar-refractivity contribution < 1.29 is 29.5 Å². The van der Waals surface area contributed by atoms with Crippen LogP contribution in [0.5, 0.6) is 11.5 Å². The van der Waals surface area contributed by atoms with E-state index in [1.165, 1.54) is 11.5 Å². The number of phosphoric acid groups is 1. The molecule has 0 saturated carbocycles. The van der Waals surface area contributed by atoms with Crippen molar-refractivity contribution in [3.63, 3.8) is 0 Å². The Morgan fingerprint density at radius 3 is 1.02 bits per heavy atom. The van der Waals surface area contributed by atoms with Crippen molar-refractivity contribution >= 4 is 45.6 Å². The summed E-state index contributed by atoms with van der Waals surface area (Å²) in [6.45, 7) is 34.0. The molecule has 0 saturated heterocycles. The standard InChI is InChI=1S/C19H31O.C15H23O.Ca.H3O4P/c1-9-13(10-2)14-11-15(18(3,4)5)17(20)16(12-14)19(6,7)8;1-10-8-11(14(2,3)4)13(16)12(9-10)15(5,6)7;;1-5(2,3)4/h11-12,20H,9-10H2,1-8H3;8-9,16H,1H2,2-7H3;;(H3,1,2,3,4)/q2*-1;+2;. The molecular weight excluding hydrogens is 575 g/mol. The zero-order valence-electron chi connectivity index (χ0n) is 28.7. The number of rotatable bonds is 3. The van der Waals surface area contributed by atoms with Gasteiger partial charge in [0.1, 0.15) is 0 Å². The van der Waals surface area contributed by atoms with Crippen LogP contribution >= 0.6 is 7.82 Å². The number of hydrogen-bond donors (Lipinski definition) is 5. The van der Waals surface area contributed by atoms with Crippen LogP contribution in [0.15, 0.2) is 24.3 Å². The van der Waals surface area contributed by atoms with Crippen molar-refractivity contribution in [2.24, 2.45) is 0 Å². The molecule has 0 aliphatic heterocycles. The minimum Gasteiger partial charge on any atom is -0.510 e. The van der Waals surface area contributed by atoms with Crippen LogP contribution < -0.4 is 0 Å². The molecule has 0 fully saturated rings. The van der Waals surface area contributed by atoms with Gasteiger partial charge in [-0.3, -0.25) is 0 Å². The second-order valence-corrected chi connectivity index (χ2v) is 15.8. The summed E-state index contributed by atoms with van der Waals surface area (Å²) in [6.07, 6.45) is 2.13. The molecule has 0 bridgehead atoms. The predicted molar refractivity (Wildman–Crippen MR) is 178 cm³/mol. The molecule has 2 aromatic carbocycles. The third-order valence-electron chi connectivity index (χ3n) is 6.77. The van der Waals surface area contributed by atoms with Crippen molar-refractivity contribution in [3.05, 3.63) is 70.5 Å². The molecule has 0 unspecified atom stereocenters. The van der Waals surface area contributed by atoms with Gasteiger partial charge in [0.2, 0.25) is 0 Å². The number of phenolic OH excluding ortho intramolecular Hbond substituents is 2. The number of hydrogen-bond acceptors (Lipinski definition) is 3. The van der Waals surface area contributed by atoms with Gasteiger partial charge in [0.15, 0.2) is 0 Å². The number of benzene rings is 2. The molecule has 5 N–H and O–H groups in total. The average molecular weight is 633 g/mol. The van der Waals surface area contributed by atoms with Crippen molar-refractivity contribution in [3.8, 4) is 11.5 Å². The van der Waals surface area contributed by atoms with Crippen LogP contribution in [0.25, 0.3) is 0 Å². The van der Waals surface area contributed by atoms with Gasteiger partial charge in [-0.25, -0.2) is 4.57 Å². The van der Waals surface area contributed by atoms with Crippen molar-refractivity contribution in [1.82, 2.24) is 0 Å². The summed E-state index contributed by atoms with van der Waals surface area (Å²) in [5, 5.41) is 21.1. The maximum atomic E-state index is 10.7. The molecule has 0 aliphatic carbocycles. The van der Waals surface area contributed by atoms with Gasteiger partial charge in [0.25, 0.3) is 0 Å². The van der Waals surface area contributed by atoms with E-state index in [-0.39, 0.29) is 59.4 Å². The number of aromatic hydroxyl groups is 2. The molecule has 6 nitrogen and oxygen atoms in total. The Kier molecular flexibility index (Phi) is 16.4. The first-order chi connectivity index (χ1) is 18.1. The molecule has 0 spiro atoms. The van der Waals surface area contributed by atoms with E-state index in [4.69, 9.17) is 19.2 Å². The molecule has 0 heterocycles. The second kappa shape index (κ2) is 15.9. The maximum absolute atomic E-state index is 10.7. The van der Waals surface area contributed by atoms with Gasteiger partial charge >= 0.3 is 45.6 Å². The smallest absolute Gasteiger partial charge is 0.510 e. The van der Waals surface area contributed by atoms with Crippen LogP contribution in [-0.2, 0) is 26.2 Å². The molecule has 8 heteroatoms. The molecule has 0 aromatic heterocycles. The Morgan fingerprint density at radius 1 is 0.619 bits per heavy atom. The summed E-state index contributed by atoms with van der Waals surface area (Å²) >= 11 is 0. The second-order valence-electron chi connectivity index (χ2n) is 14.8. The molecular formula is C34H57CaO6P. The molecule has 0 amide bonds. The molecule has 2 aromatic rings. The van der Waals surface area contributed by atoms with Gasteiger partial charge < -0.3 is 24.9 Å². The molecule has 236 valence electrons. The third-order valence-corrected chi connectivity index (χ3v) is 6.77. The quantitative estimate of drug-likeness (QED) is 0.131. The summed E-state index contributed by atoms with van der Waals surface area (Å²) in [7, 11) is -4.64. The molecule has 0 radical (unpaired) electrons. The zero-order chi connectivity index (χ0) is 32.9. The molecule has 0 aliphatic rings. The molecule has 42 heavy (non-hydrogen) atoms. The van der Waals surface area contributed by atoms with E-state index in [0.29, 0.717) is 11.5 Å². The fourth-order valence-electron chi connectivity index (χ4n) is 4.48. The van der Waals surface area contributed by atoms with E-state index in [1.54, 1.807) is 0 Å². The monoisotopic (exact) mass is 632 g/mol. The van der Waals surface area contributed by atoms with E-state index in [1.807, 2.05) is 12.1 Å². The van der Waals surface area contributed by atoms with Crippen molar-refractivity contribution in [2.45, 2.75) is 131 Å². The van der Waals surface area contributed by atoms with Crippen LogP contribution in [0, 0.1) is 12.8 Å². The SMILES string of the molecule is CC[C-](CC)c1cc(C(C)(C)C)c(O)c(C(C)(C)C)c1.O=P(O)(O)O.[CH2-]c1cc(C(C)(C)C)c(O)c(C(C)(C)C)c1.[Ca+2]. The third kappa shape index (κ3) is 14.3. The minimum absolute atomic E-state index is 0. The van der Waals surface area contributed by atoms with Crippen LogP contribution in [0.2, 0.25) is 0 Å². The molecule has 0 atom stereocenters. The normalized spacial score (nSPS) is 12.3. The first kappa shape index (κ1) is 43.3. The number of phenols is 2. The van der Waals surface area contributed by atoms with Crippen molar-refractivity contribution in [1.29, 1.82) is 0 Å². The summed E-state index contributed by atoms with van der Waals surface area (Å²) in [5.41, 5.74) is 6.11. The molecule has 2 rings (SSSR count). The van der Waals surface area contributed by atoms with Gasteiger partial charge in [-0.05, 0) is 21.7 Å². The topological polar surface area (TPSA) is 118 Å². The van der Waals surface area contributed by atoms with E-state index < -0.39 is 7.82 Å². The van der Waals surface area contributed by atoms with Gasteiger partial charge in [-0.15, -0.1) is 0 Å². The Bertz CT molecular complexity index is 1110. The fourth-order valence-corrected chi connectivity index (χ4v) is 4.48. The first-order valence-corrected chi connectivity index (χ1v) is 15.8. The summed E-state index contributed by atoms with van der Waals surface area (Å²) in [5.74, 6) is 2.36. The van der Waals surface area contributed by atoms with Crippen LogP contribution in [0.4, 0.5) is 0 Å². The van der Waals surface area contributed by atoms with E-state index >= 15 is 0 Å². The minimum atomic E-state index is -4.64.